The van der Waals surface area contributed by atoms with E-state index < -0.39 is 26.0 Å². The Hall–Kier alpha value is -3.29. The summed E-state index contributed by atoms with van der Waals surface area (Å²) in [6.45, 7) is 2.57. The maximum atomic E-state index is 12.6. The van der Waals surface area contributed by atoms with E-state index in [0.717, 1.165) is 27.7 Å². The SMILES string of the molecule is CN(C)Cc1ccc(S(=O)(=O)n2ccc(/C=C/C(=O)NO)c2)cc1.Cc1ccc(S(=O)(=O)O)cc1. The van der Waals surface area contributed by atoms with Crippen molar-refractivity contribution in [3.63, 3.8) is 0 Å². The molecule has 0 spiro atoms. The third-order valence-corrected chi connectivity index (χ3v) is 7.06. The van der Waals surface area contributed by atoms with Crippen LogP contribution in [0.2, 0.25) is 0 Å². The molecule has 10 nitrogen and oxygen atoms in total. The first-order valence-corrected chi connectivity index (χ1v) is 13.0. The van der Waals surface area contributed by atoms with E-state index in [1.54, 1.807) is 42.5 Å². The van der Waals surface area contributed by atoms with Gasteiger partial charge >= 0.3 is 0 Å². The van der Waals surface area contributed by atoms with Crippen LogP contribution in [-0.2, 0) is 31.5 Å². The van der Waals surface area contributed by atoms with Gasteiger partial charge in [0.25, 0.3) is 26.0 Å². The van der Waals surface area contributed by atoms with E-state index >= 15 is 0 Å². The number of carbonyl (C=O) groups is 1. The molecule has 3 N–H and O–H groups in total. The van der Waals surface area contributed by atoms with Crippen LogP contribution in [0, 0.1) is 6.92 Å². The fourth-order valence-corrected chi connectivity index (χ4v) is 4.50. The molecule has 2 aromatic carbocycles. The number of benzene rings is 2. The van der Waals surface area contributed by atoms with Crippen LogP contribution in [0.1, 0.15) is 16.7 Å². The maximum Gasteiger partial charge on any atom is 0.294 e. The van der Waals surface area contributed by atoms with Crippen molar-refractivity contribution in [1.82, 2.24) is 14.4 Å². The molecule has 0 fully saturated rings. The highest BCUT2D eigenvalue weighted by molar-refractivity contribution is 7.90. The molecule has 12 heteroatoms. The Morgan fingerprint density at radius 1 is 0.971 bits per heavy atom. The lowest BCUT2D eigenvalue weighted by Gasteiger charge is -2.10. The fraction of sp³-hybridized carbons (Fsp3) is 0.174. The van der Waals surface area contributed by atoms with Gasteiger partial charge < -0.3 is 4.90 Å². The predicted molar refractivity (Wildman–Crippen MR) is 131 cm³/mol. The average Bonchev–Trinajstić information content (AvgIpc) is 3.27. The molecule has 0 radical (unpaired) electrons. The number of aryl methyl sites for hydroxylation is 1. The van der Waals surface area contributed by atoms with Crippen LogP contribution >= 0.6 is 0 Å². The van der Waals surface area contributed by atoms with Gasteiger partial charge in [0.2, 0.25) is 0 Å². The van der Waals surface area contributed by atoms with Crippen LogP contribution < -0.4 is 5.48 Å². The number of hydrogen-bond donors (Lipinski definition) is 3. The van der Waals surface area contributed by atoms with Gasteiger partial charge in [0.05, 0.1) is 9.79 Å². The molecule has 0 aliphatic carbocycles. The first kappa shape index (κ1) is 28.0. The standard InChI is InChI=1S/C16H19N3O4S.C7H8O3S/c1-18(2)11-13-3-6-15(7-4-13)24(22,23)19-10-9-14(12-19)5-8-16(20)17-21;1-6-2-4-7(5-3-6)11(8,9)10/h3-10,12,21H,11H2,1-2H3,(H,17,20);2-5H,1H3,(H,8,9,10)/b8-5+;. The van der Waals surface area contributed by atoms with Gasteiger partial charge in [-0.05, 0) is 68.6 Å². The summed E-state index contributed by atoms with van der Waals surface area (Å²) >= 11 is 0. The number of hydrogen-bond acceptors (Lipinski definition) is 7. The predicted octanol–water partition coefficient (Wildman–Crippen LogP) is 2.55. The van der Waals surface area contributed by atoms with E-state index in [2.05, 4.69) is 0 Å². The summed E-state index contributed by atoms with van der Waals surface area (Å²) in [6, 6.07) is 14.2. The van der Waals surface area contributed by atoms with Gasteiger partial charge in [-0.2, -0.15) is 8.42 Å². The van der Waals surface area contributed by atoms with E-state index in [1.165, 1.54) is 36.1 Å². The van der Waals surface area contributed by atoms with E-state index in [9.17, 15) is 21.6 Å². The summed E-state index contributed by atoms with van der Waals surface area (Å²) in [6.07, 6.45) is 5.30. The smallest absolute Gasteiger partial charge is 0.294 e. The first-order valence-electron chi connectivity index (χ1n) is 10.2. The second kappa shape index (κ2) is 11.9. The monoisotopic (exact) mass is 521 g/mol. The number of nitrogens with zero attached hydrogens (tertiary/aromatic N) is 2. The molecule has 188 valence electrons. The van der Waals surface area contributed by atoms with Crippen LogP contribution in [0.3, 0.4) is 0 Å². The van der Waals surface area contributed by atoms with Crippen molar-refractivity contribution in [2.24, 2.45) is 0 Å². The summed E-state index contributed by atoms with van der Waals surface area (Å²) in [5.41, 5.74) is 3.96. The highest BCUT2D eigenvalue weighted by Gasteiger charge is 2.16. The second-order valence-corrected chi connectivity index (χ2v) is 11.0. The molecule has 0 saturated carbocycles. The number of aromatic nitrogens is 1. The van der Waals surface area contributed by atoms with Crippen molar-refractivity contribution in [2.75, 3.05) is 14.1 Å². The fourth-order valence-electron chi connectivity index (χ4n) is 2.81. The van der Waals surface area contributed by atoms with Gasteiger partial charge in [-0.1, -0.05) is 29.8 Å². The Labute approximate surface area is 204 Å². The van der Waals surface area contributed by atoms with Gasteiger partial charge in [-0.25, -0.2) is 17.9 Å². The van der Waals surface area contributed by atoms with E-state index in [0.29, 0.717) is 5.56 Å². The van der Waals surface area contributed by atoms with Gasteiger partial charge in [0.15, 0.2) is 0 Å². The second-order valence-electron chi connectivity index (χ2n) is 7.76. The zero-order chi connectivity index (χ0) is 26.2. The number of carbonyl (C=O) groups excluding carboxylic acids is 1. The normalized spacial score (nSPS) is 11.8. The molecule has 0 saturated heterocycles. The first-order chi connectivity index (χ1) is 16.3. The molecular formula is C23H27N3O7S2. The molecule has 1 heterocycles. The maximum absolute atomic E-state index is 12.6. The zero-order valence-corrected chi connectivity index (χ0v) is 21.0. The van der Waals surface area contributed by atoms with E-state index in [4.69, 9.17) is 9.76 Å². The average molecular weight is 522 g/mol. The Kier molecular flexibility index (Phi) is 9.51. The van der Waals surface area contributed by atoms with Crippen molar-refractivity contribution in [1.29, 1.82) is 0 Å². The molecule has 0 bridgehead atoms. The molecule has 1 aromatic heterocycles. The molecule has 0 atom stereocenters. The van der Waals surface area contributed by atoms with Crippen LogP contribution in [0.15, 0.2) is 82.9 Å². The summed E-state index contributed by atoms with van der Waals surface area (Å²) in [7, 11) is -3.83. The summed E-state index contributed by atoms with van der Waals surface area (Å²) in [5, 5.41) is 8.42. The molecule has 3 aromatic rings. The van der Waals surface area contributed by atoms with E-state index in [1.807, 2.05) is 25.9 Å². The molecule has 35 heavy (non-hydrogen) atoms. The Morgan fingerprint density at radius 3 is 2.06 bits per heavy atom. The molecule has 3 rings (SSSR count). The molecule has 0 unspecified atom stereocenters. The van der Waals surface area contributed by atoms with Gasteiger partial charge in [0, 0.05) is 25.0 Å². The molecule has 0 aliphatic heterocycles. The van der Waals surface area contributed by atoms with Crippen LogP contribution in [0.4, 0.5) is 0 Å². The Bertz CT molecular complexity index is 1380. The third-order valence-electron chi connectivity index (χ3n) is 4.54. The number of hydroxylamine groups is 1. The lowest BCUT2D eigenvalue weighted by atomic mass is 10.2. The number of amides is 1. The lowest BCUT2D eigenvalue weighted by molar-refractivity contribution is -0.124. The number of nitrogens with one attached hydrogen (secondary N) is 1. The number of rotatable bonds is 7. The summed E-state index contributed by atoms with van der Waals surface area (Å²) in [5.74, 6) is -0.693. The van der Waals surface area contributed by atoms with Gasteiger partial charge in [0.1, 0.15) is 0 Å². The minimum Gasteiger partial charge on any atom is -0.305 e. The van der Waals surface area contributed by atoms with Crippen molar-refractivity contribution in [3.8, 4) is 0 Å². The third kappa shape index (κ3) is 8.46. The molecular weight excluding hydrogens is 494 g/mol. The molecule has 0 aliphatic rings. The van der Waals surface area contributed by atoms with Crippen molar-refractivity contribution < 1.29 is 31.4 Å². The lowest BCUT2D eigenvalue weighted by Crippen LogP contribution is -2.14. The van der Waals surface area contributed by atoms with E-state index in [-0.39, 0.29) is 9.79 Å². The van der Waals surface area contributed by atoms with Crippen molar-refractivity contribution >= 4 is 32.1 Å². The summed E-state index contributed by atoms with van der Waals surface area (Å²) < 4.78 is 55.8. The minimum atomic E-state index is -4.02. The Balaban J connectivity index is 0.000000328. The topological polar surface area (TPSA) is 146 Å². The molecule has 1 amide bonds. The van der Waals surface area contributed by atoms with Crippen LogP contribution in [-0.4, -0.2) is 55.5 Å². The minimum absolute atomic E-state index is 0.0666. The van der Waals surface area contributed by atoms with Crippen LogP contribution in [0.5, 0.6) is 0 Å². The Morgan fingerprint density at radius 2 is 1.54 bits per heavy atom. The van der Waals surface area contributed by atoms with Gasteiger partial charge in [-0.3, -0.25) is 14.6 Å². The highest BCUT2D eigenvalue weighted by atomic mass is 32.2. The van der Waals surface area contributed by atoms with Crippen molar-refractivity contribution in [2.45, 2.75) is 23.3 Å². The largest absolute Gasteiger partial charge is 0.305 e. The quantitative estimate of drug-likeness (QED) is 0.186. The summed E-state index contributed by atoms with van der Waals surface area (Å²) in [4.78, 5) is 13.1. The van der Waals surface area contributed by atoms with Crippen LogP contribution in [0.25, 0.3) is 6.08 Å². The van der Waals surface area contributed by atoms with Gasteiger partial charge in [-0.15, -0.1) is 0 Å². The highest BCUT2D eigenvalue weighted by Crippen LogP contribution is 2.17. The van der Waals surface area contributed by atoms with Crippen molar-refractivity contribution in [3.05, 3.63) is 89.8 Å². The zero-order valence-electron chi connectivity index (χ0n) is 19.4.